The number of hydrogen-bond donors (Lipinski definition) is 2. The van der Waals surface area contributed by atoms with Crippen molar-refractivity contribution in [1.82, 2.24) is 5.32 Å². The van der Waals surface area contributed by atoms with Crippen molar-refractivity contribution < 1.29 is 19.0 Å². The van der Waals surface area contributed by atoms with Crippen LogP contribution in [0.1, 0.15) is 15.9 Å². The van der Waals surface area contributed by atoms with Gasteiger partial charge in [0, 0.05) is 6.54 Å². The normalized spacial score (nSPS) is 11.8. The van der Waals surface area contributed by atoms with Gasteiger partial charge in [-0.3, -0.25) is 0 Å². The van der Waals surface area contributed by atoms with Crippen LogP contribution >= 0.6 is 23.8 Å². The molecular weight excluding hydrogens is 364 g/mol. The first-order valence-corrected chi connectivity index (χ1v) is 8.16. The van der Waals surface area contributed by atoms with Crippen LogP contribution < -0.4 is 20.1 Å². The van der Waals surface area contributed by atoms with Gasteiger partial charge < -0.3 is 24.8 Å². The Morgan fingerprint density at radius 3 is 2.84 bits per heavy atom. The predicted molar refractivity (Wildman–Crippen MR) is 98.4 cm³/mol. The molecule has 0 spiro atoms. The van der Waals surface area contributed by atoms with Crippen molar-refractivity contribution in [1.29, 1.82) is 0 Å². The summed E-state index contributed by atoms with van der Waals surface area (Å²) in [5, 5.41) is 6.88. The fourth-order valence-electron chi connectivity index (χ4n) is 2.27. The van der Waals surface area contributed by atoms with Crippen molar-refractivity contribution in [2.45, 2.75) is 6.54 Å². The number of carbonyl (C=O) groups excluding carboxylic acids is 1. The molecule has 2 aromatic rings. The lowest BCUT2D eigenvalue weighted by Crippen LogP contribution is -2.28. The molecule has 0 unspecified atom stereocenters. The molecule has 130 valence electrons. The van der Waals surface area contributed by atoms with E-state index in [0.717, 1.165) is 11.3 Å². The molecule has 0 saturated heterocycles. The van der Waals surface area contributed by atoms with Crippen molar-refractivity contribution in [2.24, 2.45) is 0 Å². The van der Waals surface area contributed by atoms with Crippen molar-refractivity contribution in [2.75, 3.05) is 19.2 Å². The zero-order valence-electron chi connectivity index (χ0n) is 13.3. The predicted octanol–water partition coefficient (Wildman–Crippen LogP) is 3.34. The SMILES string of the molecule is COC(=O)c1ccc(Cl)c(NC(=S)NCc2ccc3c(c2)OCO3)c1. The molecule has 2 N–H and O–H groups in total. The quantitative estimate of drug-likeness (QED) is 0.624. The minimum Gasteiger partial charge on any atom is -0.465 e. The smallest absolute Gasteiger partial charge is 0.337 e. The molecule has 3 rings (SSSR count). The average Bonchev–Trinajstić information content (AvgIpc) is 3.09. The molecular formula is C17H15ClN2O4S. The van der Waals surface area contributed by atoms with Crippen LogP contribution in [0.15, 0.2) is 36.4 Å². The highest BCUT2D eigenvalue weighted by atomic mass is 35.5. The van der Waals surface area contributed by atoms with Crippen molar-refractivity contribution in [3.8, 4) is 11.5 Å². The Balaban J connectivity index is 1.62. The summed E-state index contributed by atoms with van der Waals surface area (Å²) in [4.78, 5) is 11.6. The molecule has 0 radical (unpaired) electrons. The zero-order chi connectivity index (χ0) is 17.8. The van der Waals surface area contributed by atoms with Crippen LogP contribution in [0.5, 0.6) is 11.5 Å². The van der Waals surface area contributed by atoms with E-state index in [1.807, 2.05) is 18.2 Å². The van der Waals surface area contributed by atoms with E-state index in [1.54, 1.807) is 18.2 Å². The van der Waals surface area contributed by atoms with Gasteiger partial charge in [-0.2, -0.15) is 0 Å². The van der Waals surface area contributed by atoms with Crippen molar-refractivity contribution in [3.05, 3.63) is 52.5 Å². The second kappa shape index (κ2) is 7.58. The molecule has 1 heterocycles. The Bertz CT molecular complexity index is 828. The summed E-state index contributed by atoms with van der Waals surface area (Å²) < 4.78 is 15.3. The fourth-order valence-corrected chi connectivity index (χ4v) is 2.61. The number of anilines is 1. The third-order valence-corrected chi connectivity index (χ3v) is 4.10. The van der Waals surface area contributed by atoms with Gasteiger partial charge in [-0.05, 0) is 48.1 Å². The van der Waals surface area contributed by atoms with Crippen molar-refractivity contribution in [3.63, 3.8) is 0 Å². The maximum absolute atomic E-state index is 11.6. The van der Waals surface area contributed by atoms with E-state index in [2.05, 4.69) is 10.6 Å². The molecule has 6 nitrogen and oxygen atoms in total. The average molecular weight is 379 g/mol. The molecule has 25 heavy (non-hydrogen) atoms. The van der Waals surface area contributed by atoms with Gasteiger partial charge in [-0.25, -0.2) is 4.79 Å². The largest absolute Gasteiger partial charge is 0.465 e. The van der Waals surface area contributed by atoms with Crippen LogP contribution in [-0.4, -0.2) is 25.0 Å². The van der Waals surface area contributed by atoms with E-state index in [1.165, 1.54) is 7.11 Å². The van der Waals surface area contributed by atoms with Gasteiger partial charge in [0.25, 0.3) is 0 Å². The van der Waals surface area contributed by atoms with Gasteiger partial charge in [0.2, 0.25) is 6.79 Å². The molecule has 0 fully saturated rings. The Kier molecular flexibility index (Phi) is 5.25. The second-order valence-corrected chi connectivity index (χ2v) is 6.00. The summed E-state index contributed by atoms with van der Waals surface area (Å²) >= 11 is 11.4. The number of thiocarbonyl (C=S) groups is 1. The van der Waals surface area contributed by atoms with Crippen LogP contribution in [0.25, 0.3) is 0 Å². The molecule has 8 heteroatoms. The molecule has 2 aromatic carbocycles. The highest BCUT2D eigenvalue weighted by Crippen LogP contribution is 2.32. The van der Waals surface area contributed by atoms with Gasteiger partial charge in [0.05, 0.1) is 23.4 Å². The number of fused-ring (bicyclic) bond motifs is 1. The number of esters is 1. The Morgan fingerprint density at radius 1 is 1.24 bits per heavy atom. The lowest BCUT2D eigenvalue weighted by Gasteiger charge is -2.13. The minimum absolute atomic E-state index is 0.237. The first-order chi connectivity index (χ1) is 12.1. The van der Waals surface area contributed by atoms with Crippen LogP contribution in [0, 0.1) is 0 Å². The number of methoxy groups -OCH3 is 1. The van der Waals surface area contributed by atoms with Crippen molar-refractivity contribution >= 4 is 40.6 Å². The van der Waals surface area contributed by atoms with Crippen LogP contribution in [0.4, 0.5) is 5.69 Å². The second-order valence-electron chi connectivity index (χ2n) is 5.18. The molecule has 1 aliphatic heterocycles. The first-order valence-electron chi connectivity index (χ1n) is 7.38. The lowest BCUT2D eigenvalue weighted by atomic mass is 10.2. The fraction of sp³-hybridized carbons (Fsp3) is 0.176. The molecule has 0 amide bonds. The van der Waals surface area contributed by atoms with E-state index in [4.69, 9.17) is 38.0 Å². The molecule has 0 saturated carbocycles. The van der Waals surface area contributed by atoms with Gasteiger partial charge in [0.1, 0.15) is 0 Å². The highest BCUT2D eigenvalue weighted by Gasteiger charge is 2.13. The van der Waals surface area contributed by atoms with E-state index in [9.17, 15) is 4.79 Å². The maximum atomic E-state index is 11.6. The summed E-state index contributed by atoms with van der Waals surface area (Å²) in [5.74, 6) is 1.00. The number of nitrogens with one attached hydrogen (secondary N) is 2. The summed E-state index contributed by atoms with van der Waals surface area (Å²) in [6.45, 7) is 0.734. The van der Waals surface area contributed by atoms with E-state index < -0.39 is 5.97 Å². The Morgan fingerprint density at radius 2 is 2.04 bits per heavy atom. The van der Waals surface area contributed by atoms with Gasteiger partial charge in [-0.15, -0.1) is 0 Å². The number of benzene rings is 2. The molecule has 1 aliphatic rings. The van der Waals surface area contributed by atoms with E-state index in [0.29, 0.717) is 33.7 Å². The number of ether oxygens (including phenoxy) is 3. The summed E-state index contributed by atoms with van der Waals surface area (Å²) in [5.41, 5.74) is 1.89. The number of carbonyl (C=O) groups is 1. The Labute approximate surface area is 155 Å². The summed E-state index contributed by atoms with van der Waals surface area (Å²) in [6, 6.07) is 10.4. The maximum Gasteiger partial charge on any atom is 0.337 e. The third-order valence-electron chi connectivity index (χ3n) is 3.53. The monoisotopic (exact) mass is 378 g/mol. The summed E-state index contributed by atoms with van der Waals surface area (Å²) in [7, 11) is 1.32. The summed E-state index contributed by atoms with van der Waals surface area (Å²) in [6.07, 6.45) is 0. The van der Waals surface area contributed by atoms with E-state index in [-0.39, 0.29) is 6.79 Å². The number of hydrogen-bond acceptors (Lipinski definition) is 5. The van der Waals surface area contributed by atoms with E-state index >= 15 is 0 Å². The first kappa shape index (κ1) is 17.3. The molecule has 0 aliphatic carbocycles. The van der Waals surface area contributed by atoms with Crippen LogP contribution in [-0.2, 0) is 11.3 Å². The van der Waals surface area contributed by atoms with Gasteiger partial charge >= 0.3 is 5.97 Å². The van der Waals surface area contributed by atoms with Gasteiger partial charge in [-0.1, -0.05) is 17.7 Å². The molecule has 0 atom stereocenters. The Hall–Kier alpha value is -2.51. The number of halogens is 1. The van der Waals surface area contributed by atoms with Crippen LogP contribution in [0.3, 0.4) is 0 Å². The highest BCUT2D eigenvalue weighted by molar-refractivity contribution is 7.80. The molecule has 0 bridgehead atoms. The third kappa shape index (κ3) is 4.12. The van der Waals surface area contributed by atoms with Crippen LogP contribution in [0.2, 0.25) is 5.02 Å². The molecule has 0 aromatic heterocycles. The van der Waals surface area contributed by atoms with Gasteiger partial charge in [0.15, 0.2) is 16.6 Å². The standard InChI is InChI=1S/C17H15ClN2O4S/c1-22-16(21)11-3-4-12(18)13(7-11)20-17(25)19-8-10-2-5-14-15(6-10)24-9-23-14/h2-7H,8-9H2,1H3,(H2,19,20,25). The number of rotatable bonds is 4. The minimum atomic E-state index is -0.445. The topological polar surface area (TPSA) is 68.8 Å². The zero-order valence-corrected chi connectivity index (χ0v) is 14.9. The lowest BCUT2D eigenvalue weighted by molar-refractivity contribution is 0.0601.